The highest BCUT2D eigenvalue weighted by Crippen LogP contribution is 2.42. The number of benzene rings is 1. The number of ether oxygens (including phenoxy) is 3. The van der Waals surface area contributed by atoms with E-state index >= 15 is 0 Å². The first-order valence-electron chi connectivity index (χ1n) is 8.39. The van der Waals surface area contributed by atoms with E-state index in [1.165, 1.54) is 12.0 Å². The molecule has 0 N–H and O–H groups in total. The zero-order valence-electron chi connectivity index (χ0n) is 13.2. The molecule has 2 atom stereocenters. The summed E-state index contributed by atoms with van der Waals surface area (Å²) in [6.07, 6.45) is 7.07. The maximum absolute atomic E-state index is 11.0. The molecule has 1 heterocycles. The second kappa shape index (κ2) is 7.94. The molecule has 1 aromatic carbocycles. The van der Waals surface area contributed by atoms with Crippen LogP contribution in [0.1, 0.15) is 44.1 Å². The highest BCUT2D eigenvalue weighted by Gasteiger charge is 2.47. The second-order valence-electron chi connectivity index (χ2n) is 6.35. The number of halogens is 1. The van der Waals surface area contributed by atoms with Crippen molar-refractivity contribution in [1.82, 2.24) is 0 Å². The fourth-order valence-corrected chi connectivity index (χ4v) is 3.80. The topological polar surface area (TPSA) is 44.8 Å². The first kappa shape index (κ1) is 17.2. The van der Waals surface area contributed by atoms with Gasteiger partial charge < -0.3 is 14.2 Å². The van der Waals surface area contributed by atoms with E-state index in [9.17, 15) is 4.79 Å². The Bertz CT molecular complexity index is 513. The summed E-state index contributed by atoms with van der Waals surface area (Å²) >= 11 is 1.66. The summed E-state index contributed by atoms with van der Waals surface area (Å²) in [6, 6.07) is 10.4. The molecule has 1 saturated heterocycles. The van der Waals surface area contributed by atoms with Crippen LogP contribution in [0.15, 0.2) is 30.3 Å². The molecule has 1 aliphatic carbocycles. The van der Waals surface area contributed by atoms with E-state index < -0.39 is 5.79 Å². The van der Waals surface area contributed by atoms with Gasteiger partial charge in [-0.2, -0.15) is 0 Å². The Labute approximate surface area is 151 Å². The number of hydrogen-bond acceptors (Lipinski definition) is 4. The average Bonchev–Trinajstić information content (AvgIpc) is 2.86. The molecule has 1 aliphatic heterocycles. The van der Waals surface area contributed by atoms with Crippen LogP contribution in [0.25, 0.3) is 0 Å². The van der Waals surface area contributed by atoms with Crippen molar-refractivity contribution >= 4 is 26.6 Å². The van der Waals surface area contributed by atoms with Gasteiger partial charge in [-0.05, 0) is 18.4 Å². The van der Waals surface area contributed by atoms with E-state index in [4.69, 9.17) is 14.2 Å². The Morgan fingerprint density at radius 1 is 1.13 bits per heavy atom. The molecule has 0 radical (unpaired) electrons. The van der Waals surface area contributed by atoms with E-state index in [1.807, 2.05) is 18.2 Å². The third kappa shape index (κ3) is 4.67. The van der Waals surface area contributed by atoms with Crippen LogP contribution in [0.5, 0.6) is 0 Å². The van der Waals surface area contributed by atoms with Gasteiger partial charge in [-0.3, -0.25) is 0 Å². The van der Waals surface area contributed by atoms with E-state index in [0.29, 0.717) is 13.0 Å². The maximum Gasteiger partial charge on any atom is 0.367 e. The van der Waals surface area contributed by atoms with Gasteiger partial charge in [-0.25, -0.2) is 4.79 Å². The maximum atomic E-state index is 11.0. The Balaban J connectivity index is 1.66. The lowest BCUT2D eigenvalue weighted by Crippen LogP contribution is -2.33. The lowest BCUT2D eigenvalue weighted by molar-refractivity contribution is -0.194. The minimum atomic E-state index is -0.406. The zero-order chi connectivity index (χ0) is 16.1. The minimum Gasteiger partial charge on any atom is -0.458 e. The van der Waals surface area contributed by atoms with E-state index in [2.05, 4.69) is 12.1 Å². The molecule has 0 bridgehead atoms. The summed E-state index contributed by atoms with van der Waals surface area (Å²) < 4.78 is 17.6. The first-order chi connectivity index (χ1) is 11.2. The van der Waals surface area contributed by atoms with Crippen molar-refractivity contribution in [1.29, 1.82) is 0 Å². The first-order valence-corrected chi connectivity index (χ1v) is 9.47. The number of rotatable bonds is 5. The number of hydrogen-bond donors (Lipinski definition) is 0. The molecule has 1 aromatic rings. The van der Waals surface area contributed by atoms with Gasteiger partial charge in [-0.15, -0.1) is 0 Å². The van der Waals surface area contributed by atoms with Crippen LogP contribution in [0.4, 0.5) is 4.79 Å². The van der Waals surface area contributed by atoms with E-state index in [0.717, 1.165) is 32.1 Å². The molecule has 2 aliphatic rings. The monoisotopic (exact) mass is 430 g/mol. The average molecular weight is 430 g/mol. The quantitative estimate of drug-likeness (QED) is 0.505. The highest BCUT2D eigenvalue weighted by atomic mass is 127. The Morgan fingerprint density at radius 2 is 1.83 bits per heavy atom. The van der Waals surface area contributed by atoms with Gasteiger partial charge >= 0.3 is 3.98 Å². The highest BCUT2D eigenvalue weighted by molar-refractivity contribution is 14.1. The van der Waals surface area contributed by atoms with Gasteiger partial charge in [0.05, 0.1) is 41.4 Å². The molecule has 1 spiro atoms. The summed E-state index contributed by atoms with van der Waals surface area (Å²) in [6.45, 7) is 0.386. The standard InChI is InChI=1S/C18H23IO4/c19-17(20)21-12-9-15-16(13-14-7-3-1-4-8-14)23-18(22-15)10-5-2-6-11-18/h1,3-4,7-8,15-16H,2,5-6,9-13H2. The smallest absolute Gasteiger partial charge is 0.367 e. The summed E-state index contributed by atoms with van der Waals surface area (Å²) in [7, 11) is 0. The van der Waals surface area contributed by atoms with Gasteiger partial charge in [-0.1, -0.05) is 36.8 Å². The minimum absolute atomic E-state index is 0.0101. The van der Waals surface area contributed by atoms with E-state index in [-0.39, 0.29) is 16.2 Å². The predicted molar refractivity (Wildman–Crippen MR) is 95.7 cm³/mol. The molecule has 4 nitrogen and oxygen atoms in total. The molecular weight excluding hydrogens is 407 g/mol. The van der Waals surface area contributed by atoms with E-state index in [1.54, 1.807) is 22.6 Å². The van der Waals surface area contributed by atoms with Crippen LogP contribution >= 0.6 is 22.6 Å². The zero-order valence-corrected chi connectivity index (χ0v) is 15.4. The van der Waals surface area contributed by atoms with Gasteiger partial charge in [0.2, 0.25) is 0 Å². The van der Waals surface area contributed by atoms with Gasteiger partial charge in [0.15, 0.2) is 5.79 Å². The van der Waals surface area contributed by atoms with Crippen LogP contribution in [0, 0.1) is 0 Å². The molecule has 5 heteroatoms. The molecular formula is C18H23IO4. The second-order valence-corrected chi connectivity index (χ2v) is 7.23. The van der Waals surface area contributed by atoms with Crippen LogP contribution < -0.4 is 0 Å². The van der Waals surface area contributed by atoms with Gasteiger partial charge in [0.25, 0.3) is 0 Å². The predicted octanol–water partition coefficient (Wildman–Crippen LogP) is 4.64. The molecule has 0 amide bonds. The lowest BCUT2D eigenvalue weighted by atomic mass is 9.94. The van der Waals surface area contributed by atoms with Crippen LogP contribution in [-0.2, 0) is 20.6 Å². The Kier molecular flexibility index (Phi) is 5.93. The number of carbonyl (C=O) groups excluding carboxylic acids is 1. The van der Waals surface area contributed by atoms with Crippen molar-refractivity contribution in [2.24, 2.45) is 0 Å². The fourth-order valence-electron chi connectivity index (χ4n) is 3.58. The molecule has 2 fully saturated rings. The molecule has 126 valence electrons. The summed E-state index contributed by atoms with van der Waals surface area (Å²) in [5, 5.41) is 0. The van der Waals surface area contributed by atoms with Gasteiger partial charge in [0.1, 0.15) is 0 Å². The SMILES string of the molecule is O=C(I)OCCC1OC2(CCCCC2)OC1Cc1ccccc1. The summed E-state index contributed by atoms with van der Waals surface area (Å²) in [4.78, 5) is 11.0. The van der Waals surface area contributed by atoms with Crippen molar-refractivity contribution in [2.75, 3.05) is 6.61 Å². The fraction of sp³-hybridized carbons (Fsp3) is 0.611. The van der Waals surface area contributed by atoms with Crippen LogP contribution in [0.2, 0.25) is 0 Å². The lowest BCUT2D eigenvalue weighted by Gasteiger charge is -2.32. The molecule has 3 rings (SSSR count). The molecule has 1 saturated carbocycles. The molecule has 2 unspecified atom stereocenters. The molecule has 23 heavy (non-hydrogen) atoms. The summed E-state index contributed by atoms with van der Waals surface area (Å²) in [5.74, 6) is -0.406. The Morgan fingerprint density at radius 3 is 2.52 bits per heavy atom. The van der Waals surface area contributed by atoms with Crippen molar-refractivity contribution in [3.05, 3.63) is 35.9 Å². The third-order valence-corrected chi connectivity index (χ3v) is 4.97. The van der Waals surface area contributed by atoms with Crippen molar-refractivity contribution < 1.29 is 19.0 Å². The van der Waals surface area contributed by atoms with Gasteiger partial charge in [0, 0.05) is 25.7 Å². The van der Waals surface area contributed by atoms with Crippen molar-refractivity contribution in [3.8, 4) is 0 Å². The van der Waals surface area contributed by atoms with Crippen LogP contribution in [0.3, 0.4) is 0 Å². The molecule has 0 aromatic heterocycles. The van der Waals surface area contributed by atoms with Crippen LogP contribution in [-0.4, -0.2) is 28.6 Å². The normalized spacial score (nSPS) is 26.3. The van der Waals surface area contributed by atoms with Crippen molar-refractivity contribution in [2.45, 2.75) is 62.9 Å². The Hall–Kier alpha value is -0.660. The third-order valence-electron chi connectivity index (χ3n) is 4.66. The largest absolute Gasteiger partial charge is 0.458 e. The number of carbonyl (C=O) groups is 1. The summed E-state index contributed by atoms with van der Waals surface area (Å²) in [5.41, 5.74) is 1.25. The van der Waals surface area contributed by atoms with Crippen molar-refractivity contribution in [3.63, 3.8) is 0 Å².